The number of pyridine rings is 1. The molecule has 2 aromatic rings. The number of fused-ring (bicyclic) bond motifs is 2. The zero-order valence-corrected chi connectivity index (χ0v) is 14.0. The molecule has 3 heterocycles. The van der Waals surface area contributed by atoms with Gasteiger partial charge >= 0.3 is 0 Å². The molecule has 1 amide bonds. The molecule has 3 N–H and O–H groups in total. The number of nitrogens with one attached hydrogen (secondary N) is 2. The largest absolute Gasteiger partial charge is 0.436 e. The topological polar surface area (TPSA) is 118 Å². The highest BCUT2D eigenvalue weighted by molar-refractivity contribution is 5.98. The minimum atomic E-state index is -0.479. The number of aromatic nitrogens is 1. The average Bonchev–Trinajstić information content (AvgIpc) is 3.10. The Kier molecular flexibility index (Phi) is 4.15. The van der Waals surface area contributed by atoms with Crippen LogP contribution in [-0.4, -0.2) is 35.0 Å². The monoisotopic (exact) mass is 355 g/mol. The summed E-state index contributed by atoms with van der Waals surface area (Å²) in [5, 5.41) is 20.8. The molecule has 2 unspecified atom stereocenters. The standard InChI is InChI=1S/C18H17N3O5/c1-9-16-12(10(7-22)6-20-9)5-13(17(19)26-16)18(23)21-11-2-3-14-15(4-11)25-8-24-14/h2-6,14-15,19,22H,7-8H2,1H3,(H,21,23). The van der Waals surface area contributed by atoms with Gasteiger partial charge in [0.15, 0.2) is 5.58 Å². The number of aliphatic hydroxyl groups excluding tert-OH is 1. The normalized spacial score (nSPS) is 21.5. The van der Waals surface area contributed by atoms with Crippen molar-refractivity contribution in [3.8, 4) is 0 Å². The van der Waals surface area contributed by atoms with Crippen molar-refractivity contribution in [1.29, 1.82) is 5.41 Å². The highest BCUT2D eigenvalue weighted by Gasteiger charge is 2.28. The maximum atomic E-state index is 12.6. The molecule has 2 aromatic heterocycles. The Morgan fingerprint density at radius 3 is 3.04 bits per heavy atom. The highest BCUT2D eigenvalue weighted by Crippen LogP contribution is 2.22. The molecule has 8 nitrogen and oxygen atoms in total. The quantitative estimate of drug-likeness (QED) is 0.757. The van der Waals surface area contributed by atoms with Gasteiger partial charge in [0, 0.05) is 22.8 Å². The Bertz CT molecular complexity index is 1010. The van der Waals surface area contributed by atoms with Crippen molar-refractivity contribution < 1.29 is 23.8 Å². The Balaban J connectivity index is 1.68. The van der Waals surface area contributed by atoms with Gasteiger partial charge in [0.1, 0.15) is 24.6 Å². The molecule has 4 rings (SSSR count). The number of allylic oxidation sites excluding steroid dienone is 1. The summed E-state index contributed by atoms with van der Waals surface area (Å²) in [5.74, 6) is -0.479. The van der Waals surface area contributed by atoms with Crippen molar-refractivity contribution in [2.45, 2.75) is 25.7 Å². The number of carbonyl (C=O) groups is 1. The van der Waals surface area contributed by atoms with Gasteiger partial charge in [0.2, 0.25) is 5.55 Å². The van der Waals surface area contributed by atoms with Crippen LogP contribution in [-0.2, 0) is 16.1 Å². The summed E-state index contributed by atoms with van der Waals surface area (Å²) in [5.41, 5.74) is 1.86. The van der Waals surface area contributed by atoms with Gasteiger partial charge in [-0.15, -0.1) is 0 Å². The van der Waals surface area contributed by atoms with E-state index in [-0.39, 0.29) is 36.7 Å². The van der Waals surface area contributed by atoms with Crippen LogP contribution in [0.25, 0.3) is 11.0 Å². The lowest BCUT2D eigenvalue weighted by Crippen LogP contribution is -2.31. The first-order valence-electron chi connectivity index (χ1n) is 8.09. The van der Waals surface area contributed by atoms with Crippen LogP contribution in [0.1, 0.15) is 21.6 Å². The number of aliphatic hydroxyl groups is 1. The number of aryl methyl sites for hydroxylation is 1. The molecule has 0 bridgehead atoms. The lowest BCUT2D eigenvalue weighted by Gasteiger charge is -2.17. The summed E-state index contributed by atoms with van der Waals surface area (Å²) in [6.07, 6.45) is 6.48. The molecule has 0 spiro atoms. The second-order valence-corrected chi connectivity index (χ2v) is 6.07. The SMILES string of the molecule is Cc1ncc(CO)c2cc(C(=O)NC3=CC4OCOC4C=C3)c(=N)oc12. The van der Waals surface area contributed by atoms with E-state index in [1.807, 2.05) is 6.08 Å². The average molecular weight is 355 g/mol. The number of hydrogen-bond acceptors (Lipinski definition) is 7. The number of ether oxygens (including phenoxy) is 2. The van der Waals surface area contributed by atoms with Crippen LogP contribution in [0.5, 0.6) is 0 Å². The van der Waals surface area contributed by atoms with Crippen molar-refractivity contribution in [1.82, 2.24) is 10.3 Å². The van der Waals surface area contributed by atoms with Gasteiger partial charge in [-0.2, -0.15) is 0 Å². The van der Waals surface area contributed by atoms with Gasteiger partial charge in [0.05, 0.1) is 12.3 Å². The summed E-state index contributed by atoms with van der Waals surface area (Å²) in [7, 11) is 0. The van der Waals surface area contributed by atoms with Crippen molar-refractivity contribution in [3.63, 3.8) is 0 Å². The van der Waals surface area contributed by atoms with E-state index in [9.17, 15) is 9.90 Å². The van der Waals surface area contributed by atoms with Crippen LogP contribution in [0, 0.1) is 12.3 Å². The van der Waals surface area contributed by atoms with Crippen molar-refractivity contribution >= 4 is 16.9 Å². The van der Waals surface area contributed by atoms with E-state index in [2.05, 4.69) is 10.3 Å². The Hall–Kier alpha value is -2.81. The number of hydrogen-bond donors (Lipinski definition) is 3. The summed E-state index contributed by atoms with van der Waals surface area (Å²) < 4.78 is 16.3. The van der Waals surface area contributed by atoms with Gasteiger partial charge in [0.25, 0.3) is 5.91 Å². The summed E-state index contributed by atoms with van der Waals surface area (Å²) in [6, 6.07) is 1.54. The molecule has 1 aliphatic carbocycles. The van der Waals surface area contributed by atoms with Crippen molar-refractivity contribution in [3.05, 3.63) is 58.6 Å². The maximum Gasteiger partial charge on any atom is 0.261 e. The molecule has 8 heteroatoms. The van der Waals surface area contributed by atoms with Crippen LogP contribution in [0.2, 0.25) is 0 Å². The molecule has 2 atom stereocenters. The third kappa shape index (κ3) is 2.84. The van der Waals surface area contributed by atoms with Gasteiger partial charge in [-0.25, -0.2) is 0 Å². The summed E-state index contributed by atoms with van der Waals surface area (Å²) >= 11 is 0. The van der Waals surface area contributed by atoms with Gasteiger partial charge in [-0.05, 0) is 25.1 Å². The number of rotatable bonds is 3. The van der Waals surface area contributed by atoms with Crippen LogP contribution >= 0.6 is 0 Å². The Morgan fingerprint density at radius 2 is 2.23 bits per heavy atom. The van der Waals surface area contributed by atoms with E-state index in [0.717, 1.165) is 0 Å². The number of nitrogens with zero attached hydrogens (tertiary/aromatic N) is 1. The van der Waals surface area contributed by atoms with E-state index in [1.165, 1.54) is 6.20 Å². The van der Waals surface area contributed by atoms with E-state index in [0.29, 0.717) is 27.9 Å². The first kappa shape index (κ1) is 16.6. The fourth-order valence-corrected chi connectivity index (χ4v) is 3.00. The van der Waals surface area contributed by atoms with Crippen LogP contribution < -0.4 is 10.9 Å². The van der Waals surface area contributed by atoms with E-state index in [4.69, 9.17) is 19.3 Å². The molecular formula is C18H17N3O5. The molecule has 0 aromatic carbocycles. The van der Waals surface area contributed by atoms with Crippen LogP contribution in [0.15, 0.2) is 40.6 Å². The minimum Gasteiger partial charge on any atom is -0.436 e. The number of carbonyl (C=O) groups excluding carboxylic acids is 1. The molecule has 134 valence electrons. The first-order chi connectivity index (χ1) is 12.6. The predicted octanol–water partition coefficient (Wildman–Crippen LogP) is 1.03. The maximum absolute atomic E-state index is 12.6. The fraction of sp³-hybridized carbons (Fsp3) is 0.278. The Morgan fingerprint density at radius 1 is 1.42 bits per heavy atom. The zero-order valence-electron chi connectivity index (χ0n) is 14.0. The molecular weight excluding hydrogens is 338 g/mol. The van der Waals surface area contributed by atoms with Crippen LogP contribution in [0.4, 0.5) is 0 Å². The molecule has 0 radical (unpaired) electrons. The second-order valence-electron chi connectivity index (χ2n) is 6.07. The minimum absolute atomic E-state index is 0.0674. The lowest BCUT2D eigenvalue weighted by atomic mass is 10.1. The molecule has 26 heavy (non-hydrogen) atoms. The first-order valence-corrected chi connectivity index (χ1v) is 8.09. The molecule has 1 fully saturated rings. The highest BCUT2D eigenvalue weighted by atomic mass is 16.7. The van der Waals surface area contributed by atoms with E-state index < -0.39 is 5.91 Å². The molecule has 0 saturated carbocycles. The summed E-state index contributed by atoms with van der Waals surface area (Å²) in [6.45, 7) is 1.71. The van der Waals surface area contributed by atoms with Crippen molar-refractivity contribution in [2.75, 3.05) is 6.79 Å². The van der Waals surface area contributed by atoms with E-state index >= 15 is 0 Å². The number of amides is 1. The lowest BCUT2D eigenvalue weighted by molar-refractivity contribution is 0.0503. The molecule has 2 aliphatic rings. The zero-order chi connectivity index (χ0) is 18.3. The van der Waals surface area contributed by atoms with Gasteiger partial charge < -0.3 is 24.3 Å². The third-order valence-corrected chi connectivity index (χ3v) is 4.40. The van der Waals surface area contributed by atoms with Gasteiger partial charge in [-0.1, -0.05) is 6.08 Å². The predicted molar refractivity (Wildman–Crippen MR) is 89.8 cm³/mol. The Labute approximate surface area is 148 Å². The van der Waals surface area contributed by atoms with Gasteiger partial charge in [-0.3, -0.25) is 15.2 Å². The fourth-order valence-electron chi connectivity index (χ4n) is 3.00. The smallest absolute Gasteiger partial charge is 0.261 e. The second kappa shape index (κ2) is 6.49. The molecule has 1 saturated heterocycles. The van der Waals surface area contributed by atoms with Crippen LogP contribution in [0.3, 0.4) is 0 Å². The van der Waals surface area contributed by atoms with E-state index in [1.54, 1.807) is 25.1 Å². The van der Waals surface area contributed by atoms with Crippen molar-refractivity contribution in [2.24, 2.45) is 0 Å². The third-order valence-electron chi connectivity index (χ3n) is 4.40. The molecule has 1 aliphatic heterocycles. The summed E-state index contributed by atoms with van der Waals surface area (Å²) in [4.78, 5) is 16.8.